The van der Waals surface area contributed by atoms with Crippen LogP contribution in [0.25, 0.3) is 10.8 Å². The van der Waals surface area contributed by atoms with Crippen LogP contribution in [-0.2, 0) is 10.0 Å². The highest BCUT2D eigenvalue weighted by atomic mass is 32.2. The van der Waals surface area contributed by atoms with E-state index in [1.165, 1.54) is 12.8 Å². The van der Waals surface area contributed by atoms with Crippen molar-refractivity contribution in [3.05, 3.63) is 42.5 Å². The summed E-state index contributed by atoms with van der Waals surface area (Å²) in [6.45, 7) is 5.63. The largest absolute Gasteiger partial charge is 0.302 e. The quantitative estimate of drug-likeness (QED) is 0.916. The lowest BCUT2D eigenvalue weighted by Gasteiger charge is -2.30. The van der Waals surface area contributed by atoms with Crippen molar-refractivity contribution < 1.29 is 8.42 Å². The maximum absolute atomic E-state index is 12.5. The second kappa shape index (κ2) is 6.99. The van der Waals surface area contributed by atoms with Crippen LogP contribution in [0.4, 0.5) is 0 Å². The predicted octanol–water partition coefficient (Wildman–Crippen LogP) is 2.85. The lowest BCUT2D eigenvalue weighted by atomic mass is 10.0. The summed E-state index contributed by atoms with van der Waals surface area (Å²) in [4.78, 5) is 2.68. The molecule has 5 heteroatoms. The van der Waals surface area contributed by atoms with Crippen molar-refractivity contribution in [2.24, 2.45) is 5.92 Å². The highest BCUT2D eigenvalue weighted by Crippen LogP contribution is 2.19. The van der Waals surface area contributed by atoms with Gasteiger partial charge in [0, 0.05) is 19.6 Å². The lowest BCUT2D eigenvalue weighted by Crippen LogP contribution is -2.40. The average Bonchev–Trinajstić information content (AvgIpc) is 2.54. The van der Waals surface area contributed by atoms with Crippen molar-refractivity contribution in [2.45, 2.75) is 24.7 Å². The zero-order valence-electron chi connectivity index (χ0n) is 13.5. The van der Waals surface area contributed by atoms with Gasteiger partial charge in [-0.3, -0.25) is 0 Å². The highest BCUT2D eigenvalue weighted by molar-refractivity contribution is 7.89. The number of rotatable bonds is 5. The molecule has 0 spiro atoms. The molecule has 23 heavy (non-hydrogen) atoms. The fourth-order valence-corrected chi connectivity index (χ4v) is 4.30. The van der Waals surface area contributed by atoms with Gasteiger partial charge in [-0.25, -0.2) is 13.1 Å². The van der Waals surface area contributed by atoms with E-state index >= 15 is 0 Å². The van der Waals surface area contributed by atoms with Crippen LogP contribution in [0.5, 0.6) is 0 Å². The van der Waals surface area contributed by atoms with Crippen molar-refractivity contribution in [1.82, 2.24) is 9.62 Å². The van der Waals surface area contributed by atoms with Crippen LogP contribution in [0.3, 0.4) is 0 Å². The average molecular weight is 332 g/mol. The molecule has 1 heterocycles. The van der Waals surface area contributed by atoms with Crippen LogP contribution >= 0.6 is 0 Å². The number of hydrogen-bond donors (Lipinski definition) is 1. The van der Waals surface area contributed by atoms with E-state index in [1.807, 2.05) is 30.3 Å². The first-order chi connectivity index (χ1) is 11.0. The van der Waals surface area contributed by atoms with E-state index in [0.717, 1.165) is 30.4 Å². The van der Waals surface area contributed by atoms with Crippen LogP contribution in [0.1, 0.15) is 19.8 Å². The Kier molecular flexibility index (Phi) is 4.99. The van der Waals surface area contributed by atoms with Crippen LogP contribution in [0, 0.1) is 5.92 Å². The van der Waals surface area contributed by atoms with Crippen molar-refractivity contribution >= 4 is 20.8 Å². The van der Waals surface area contributed by atoms with Crippen LogP contribution in [0.15, 0.2) is 47.4 Å². The molecule has 0 saturated carbocycles. The summed E-state index contributed by atoms with van der Waals surface area (Å²) < 4.78 is 27.6. The minimum absolute atomic E-state index is 0.336. The number of sulfonamides is 1. The Balaban J connectivity index is 1.63. The van der Waals surface area contributed by atoms with Gasteiger partial charge in [-0.05, 0) is 48.2 Å². The van der Waals surface area contributed by atoms with Crippen LogP contribution in [-0.4, -0.2) is 39.5 Å². The maximum atomic E-state index is 12.5. The number of nitrogens with zero attached hydrogens (tertiary/aromatic N) is 1. The molecule has 0 bridgehead atoms. The Labute approximate surface area is 138 Å². The van der Waals surface area contributed by atoms with Gasteiger partial charge in [0.1, 0.15) is 0 Å². The van der Waals surface area contributed by atoms with Crippen molar-refractivity contribution in [1.29, 1.82) is 0 Å². The summed E-state index contributed by atoms with van der Waals surface area (Å²) in [5.74, 6) is 0.709. The Morgan fingerprint density at radius 2 is 1.96 bits per heavy atom. The summed E-state index contributed by atoms with van der Waals surface area (Å²) in [7, 11) is -3.44. The minimum atomic E-state index is -3.44. The molecule has 0 aliphatic carbocycles. The van der Waals surface area contributed by atoms with E-state index in [2.05, 4.69) is 16.5 Å². The first kappa shape index (κ1) is 16.4. The zero-order valence-corrected chi connectivity index (χ0v) is 14.3. The minimum Gasteiger partial charge on any atom is -0.302 e. The van der Waals surface area contributed by atoms with Gasteiger partial charge in [0.25, 0.3) is 0 Å². The van der Waals surface area contributed by atoms with Gasteiger partial charge in [-0.15, -0.1) is 0 Å². The van der Waals surface area contributed by atoms with Crippen molar-refractivity contribution in [3.63, 3.8) is 0 Å². The number of hydrogen-bond acceptors (Lipinski definition) is 3. The molecule has 1 N–H and O–H groups in total. The van der Waals surface area contributed by atoms with E-state index < -0.39 is 10.0 Å². The van der Waals surface area contributed by atoms with Gasteiger partial charge in [0.05, 0.1) is 4.90 Å². The van der Waals surface area contributed by atoms with E-state index in [1.54, 1.807) is 12.1 Å². The summed E-state index contributed by atoms with van der Waals surface area (Å²) >= 11 is 0. The molecular formula is C18H24N2O2S. The van der Waals surface area contributed by atoms with E-state index in [-0.39, 0.29) is 0 Å². The van der Waals surface area contributed by atoms with Crippen molar-refractivity contribution in [3.8, 4) is 0 Å². The molecule has 1 fully saturated rings. The molecule has 1 aliphatic heterocycles. The smallest absolute Gasteiger partial charge is 0.240 e. The third-order valence-corrected chi connectivity index (χ3v) is 5.95. The molecular weight excluding hydrogens is 308 g/mol. The normalized spacial score (nSPS) is 20.0. The lowest BCUT2D eigenvalue weighted by molar-refractivity contribution is 0.187. The summed E-state index contributed by atoms with van der Waals surface area (Å²) in [5.41, 5.74) is 0. The molecule has 0 radical (unpaired) electrons. The molecule has 3 rings (SSSR count). The topological polar surface area (TPSA) is 49.4 Å². The summed E-state index contributed by atoms with van der Waals surface area (Å²) in [5, 5.41) is 1.99. The van der Waals surface area contributed by atoms with Gasteiger partial charge in [0.2, 0.25) is 10.0 Å². The summed E-state index contributed by atoms with van der Waals surface area (Å²) in [6.07, 6.45) is 2.48. The SMILES string of the molecule is CC1CCCN(CCNS(=O)(=O)c2ccc3ccccc3c2)C1. The number of piperidine rings is 1. The molecule has 2 aromatic rings. The second-order valence-corrected chi connectivity index (χ2v) is 8.22. The molecule has 1 aliphatic rings. The predicted molar refractivity (Wildman–Crippen MR) is 94.0 cm³/mol. The standard InChI is InChI=1S/C18H24N2O2S/c1-15-5-4-11-20(14-15)12-10-19-23(21,22)18-9-8-16-6-2-3-7-17(16)13-18/h2-3,6-9,13,15,19H,4-5,10-12,14H2,1H3. The van der Waals surface area contributed by atoms with E-state index in [9.17, 15) is 8.42 Å². The zero-order chi connectivity index (χ0) is 16.3. The molecule has 1 atom stereocenters. The van der Waals surface area contributed by atoms with Gasteiger partial charge < -0.3 is 4.90 Å². The van der Waals surface area contributed by atoms with Gasteiger partial charge in [0.15, 0.2) is 0 Å². The molecule has 2 aromatic carbocycles. The van der Waals surface area contributed by atoms with E-state index in [0.29, 0.717) is 17.4 Å². The first-order valence-electron chi connectivity index (χ1n) is 8.25. The molecule has 4 nitrogen and oxygen atoms in total. The monoisotopic (exact) mass is 332 g/mol. The maximum Gasteiger partial charge on any atom is 0.240 e. The Morgan fingerprint density at radius 3 is 2.74 bits per heavy atom. The number of nitrogens with one attached hydrogen (secondary N) is 1. The molecule has 1 saturated heterocycles. The molecule has 0 amide bonds. The van der Waals surface area contributed by atoms with Gasteiger partial charge in [-0.1, -0.05) is 37.3 Å². The number of likely N-dealkylation sites (tertiary alicyclic amines) is 1. The second-order valence-electron chi connectivity index (χ2n) is 6.45. The number of fused-ring (bicyclic) bond motifs is 1. The van der Waals surface area contributed by atoms with Gasteiger partial charge in [-0.2, -0.15) is 0 Å². The fraction of sp³-hybridized carbons (Fsp3) is 0.444. The van der Waals surface area contributed by atoms with Crippen LogP contribution < -0.4 is 4.72 Å². The molecule has 124 valence electrons. The third-order valence-electron chi connectivity index (χ3n) is 4.49. The van der Waals surface area contributed by atoms with Crippen LogP contribution in [0.2, 0.25) is 0 Å². The Morgan fingerprint density at radius 1 is 1.17 bits per heavy atom. The Bertz CT molecular complexity index is 773. The molecule has 1 unspecified atom stereocenters. The fourth-order valence-electron chi connectivity index (χ4n) is 3.25. The Hall–Kier alpha value is -1.43. The van der Waals surface area contributed by atoms with E-state index in [4.69, 9.17) is 0 Å². The van der Waals surface area contributed by atoms with Gasteiger partial charge >= 0.3 is 0 Å². The third kappa shape index (κ3) is 4.10. The first-order valence-corrected chi connectivity index (χ1v) is 9.74. The number of benzene rings is 2. The summed E-state index contributed by atoms with van der Waals surface area (Å²) in [6, 6.07) is 13.1. The molecule has 0 aromatic heterocycles. The highest BCUT2D eigenvalue weighted by Gasteiger charge is 2.18. The van der Waals surface area contributed by atoms with Crippen molar-refractivity contribution in [2.75, 3.05) is 26.2 Å².